The summed E-state index contributed by atoms with van der Waals surface area (Å²) in [6, 6.07) is 5.35. The molecule has 0 fully saturated rings. The van der Waals surface area contributed by atoms with Crippen molar-refractivity contribution in [2.75, 3.05) is 0 Å². The van der Waals surface area contributed by atoms with Crippen molar-refractivity contribution < 1.29 is 22.7 Å². The SMILES string of the molecule is CC(C)(N)CCC(=O)NCc1ccc(OC(F)(F)F)cc1. The van der Waals surface area contributed by atoms with Crippen LogP contribution in [0.25, 0.3) is 0 Å². The molecule has 0 saturated carbocycles. The van der Waals surface area contributed by atoms with Crippen molar-refractivity contribution in [2.24, 2.45) is 5.73 Å². The summed E-state index contributed by atoms with van der Waals surface area (Å²) in [5, 5.41) is 2.68. The quantitative estimate of drug-likeness (QED) is 0.849. The molecule has 1 rings (SSSR count). The predicted octanol–water partition coefficient (Wildman–Crippen LogP) is 2.72. The highest BCUT2D eigenvalue weighted by atomic mass is 19.4. The first kappa shape index (κ1) is 17.3. The lowest BCUT2D eigenvalue weighted by Gasteiger charge is -2.17. The molecule has 1 aromatic rings. The van der Waals surface area contributed by atoms with Gasteiger partial charge < -0.3 is 15.8 Å². The van der Waals surface area contributed by atoms with E-state index >= 15 is 0 Å². The molecule has 0 aliphatic rings. The van der Waals surface area contributed by atoms with Crippen LogP contribution >= 0.6 is 0 Å². The Morgan fingerprint density at radius 2 is 1.81 bits per heavy atom. The summed E-state index contributed by atoms with van der Waals surface area (Å²) in [6.07, 6.45) is -3.85. The molecule has 0 heterocycles. The van der Waals surface area contributed by atoms with E-state index < -0.39 is 11.9 Å². The highest BCUT2D eigenvalue weighted by molar-refractivity contribution is 5.75. The standard InChI is InChI=1S/C14H19F3N2O2/c1-13(2,18)8-7-12(20)19-9-10-3-5-11(6-4-10)21-14(15,16)17/h3-6H,7-9,18H2,1-2H3,(H,19,20). The van der Waals surface area contributed by atoms with Crippen LogP contribution in [-0.4, -0.2) is 17.8 Å². The molecule has 118 valence electrons. The maximum absolute atomic E-state index is 12.0. The van der Waals surface area contributed by atoms with Gasteiger partial charge in [0.25, 0.3) is 0 Å². The summed E-state index contributed by atoms with van der Waals surface area (Å²) in [5.74, 6) is -0.438. The smallest absolute Gasteiger partial charge is 0.406 e. The van der Waals surface area contributed by atoms with Crippen LogP contribution in [0, 0.1) is 0 Å². The zero-order valence-corrected chi connectivity index (χ0v) is 12.0. The summed E-state index contributed by atoms with van der Waals surface area (Å²) in [6.45, 7) is 3.91. The van der Waals surface area contributed by atoms with Crippen molar-refractivity contribution in [3.8, 4) is 5.75 Å². The van der Waals surface area contributed by atoms with Gasteiger partial charge in [0.2, 0.25) is 5.91 Å². The molecule has 0 spiro atoms. The first-order valence-corrected chi connectivity index (χ1v) is 6.45. The average molecular weight is 304 g/mol. The molecule has 21 heavy (non-hydrogen) atoms. The number of nitrogens with two attached hydrogens (primary N) is 1. The molecule has 3 N–H and O–H groups in total. The van der Waals surface area contributed by atoms with Crippen molar-refractivity contribution in [1.82, 2.24) is 5.32 Å². The fourth-order valence-corrected chi connectivity index (χ4v) is 1.53. The van der Waals surface area contributed by atoms with E-state index in [1.165, 1.54) is 24.3 Å². The number of halogens is 3. The van der Waals surface area contributed by atoms with Crippen LogP contribution in [0.15, 0.2) is 24.3 Å². The molecule has 1 aromatic carbocycles. The molecule has 0 radical (unpaired) electrons. The lowest BCUT2D eigenvalue weighted by atomic mass is 10.00. The summed E-state index contributed by atoms with van der Waals surface area (Å²) in [4.78, 5) is 11.6. The van der Waals surface area contributed by atoms with E-state index in [2.05, 4.69) is 10.1 Å². The summed E-state index contributed by atoms with van der Waals surface area (Å²) in [7, 11) is 0. The Morgan fingerprint density at radius 3 is 2.29 bits per heavy atom. The monoisotopic (exact) mass is 304 g/mol. The molecular formula is C14H19F3N2O2. The van der Waals surface area contributed by atoms with E-state index in [9.17, 15) is 18.0 Å². The van der Waals surface area contributed by atoms with E-state index in [4.69, 9.17) is 5.73 Å². The van der Waals surface area contributed by atoms with Crippen molar-refractivity contribution in [2.45, 2.75) is 45.1 Å². The highest BCUT2D eigenvalue weighted by Gasteiger charge is 2.30. The Kier molecular flexibility index (Phi) is 5.60. The number of rotatable bonds is 6. The Bertz CT molecular complexity index is 465. The van der Waals surface area contributed by atoms with Gasteiger partial charge in [-0.15, -0.1) is 13.2 Å². The first-order valence-electron chi connectivity index (χ1n) is 6.45. The molecule has 0 bridgehead atoms. The van der Waals surface area contributed by atoms with Crippen LogP contribution in [0.2, 0.25) is 0 Å². The van der Waals surface area contributed by atoms with E-state index in [0.29, 0.717) is 18.4 Å². The minimum atomic E-state index is -4.70. The highest BCUT2D eigenvalue weighted by Crippen LogP contribution is 2.22. The third kappa shape index (κ3) is 8.19. The Balaban J connectivity index is 2.41. The normalized spacial score (nSPS) is 12.1. The maximum Gasteiger partial charge on any atom is 0.573 e. The number of alkyl halides is 3. The van der Waals surface area contributed by atoms with Gasteiger partial charge in [-0.3, -0.25) is 4.79 Å². The second kappa shape index (κ2) is 6.80. The van der Waals surface area contributed by atoms with E-state index in [1.807, 2.05) is 13.8 Å². The fraction of sp³-hybridized carbons (Fsp3) is 0.500. The van der Waals surface area contributed by atoms with Crippen LogP contribution in [0.4, 0.5) is 13.2 Å². The van der Waals surface area contributed by atoms with Gasteiger partial charge in [-0.25, -0.2) is 0 Å². The fourth-order valence-electron chi connectivity index (χ4n) is 1.53. The lowest BCUT2D eigenvalue weighted by molar-refractivity contribution is -0.274. The van der Waals surface area contributed by atoms with Crippen molar-refractivity contribution in [3.63, 3.8) is 0 Å². The summed E-state index contributed by atoms with van der Waals surface area (Å²) < 4.78 is 39.7. The number of ether oxygens (including phenoxy) is 1. The van der Waals surface area contributed by atoms with Gasteiger partial charge in [-0.05, 0) is 38.0 Å². The van der Waals surface area contributed by atoms with Gasteiger partial charge in [-0.1, -0.05) is 12.1 Å². The third-order valence-electron chi connectivity index (χ3n) is 2.64. The van der Waals surface area contributed by atoms with Gasteiger partial charge in [0, 0.05) is 18.5 Å². The van der Waals surface area contributed by atoms with Crippen molar-refractivity contribution in [1.29, 1.82) is 0 Å². The number of carbonyl (C=O) groups excluding carboxylic acids is 1. The Labute approximate surface area is 121 Å². The largest absolute Gasteiger partial charge is 0.573 e. The lowest BCUT2D eigenvalue weighted by Crippen LogP contribution is -2.34. The van der Waals surface area contributed by atoms with E-state index in [0.717, 1.165) is 0 Å². The number of carbonyl (C=O) groups is 1. The predicted molar refractivity (Wildman–Crippen MR) is 72.5 cm³/mol. The zero-order valence-electron chi connectivity index (χ0n) is 12.0. The topological polar surface area (TPSA) is 64.4 Å². The first-order chi connectivity index (χ1) is 9.55. The van der Waals surface area contributed by atoms with Crippen molar-refractivity contribution in [3.05, 3.63) is 29.8 Å². The molecule has 7 heteroatoms. The molecule has 0 saturated heterocycles. The minimum absolute atomic E-state index is 0.149. The summed E-state index contributed by atoms with van der Waals surface area (Å²) >= 11 is 0. The summed E-state index contributed by atoms with van der Waals surface area (Å²) in [5.41, 5.74) is 6.05. The van der Waals surface area contributed by atoms with Crippen LogP contribution in [0.1, 0.15) is 32.3 Å². The van der Waals surface area contributed by atoms with Gasteiger partial charge in [-0.2, -0.15) is 0 Å². The van der Waals surface area contributed by atoms with Crippen LogP contribution in [0.5, 0.6) is 5.75 Å². The van der Waals surface area contributed by atoms with Gasteiger partial charge in [0.15, 0.2) is 0 Å². The number of hydrogen-bond donors (Lipinski definition) is 2. The molecule has 0 aliphatic carbocycles. The maximum atomic E-state index is 12.0. The second-order valence-electron chi connectivity index (χ2n) is 5.46. The number of benzene rings is 1. The number of hydrogen-bond acceptors (Lipinski definition) is 3. The molecule has 0 aromatic heterocycles. The van der Waals surface area contributed by atoms with E-state index in [-0.39, 0.29) is 18.2 Å². The molecular weight excluding hydrogens is 285 g/mol. The third-order valence-corrected chi connectivity index (χ3v) is 2.64. The Hall–Kier alpha value is -1.76. The molecule has 0 aliphatic heterocycles. The van der Waals surface area contributed by atoms with E-state index in [1.54, 1.807) is 0 Å². The molecule has 1 amide bonds. The van der Waals surface area contributed by atoms with Gasteiger partial charge in [0.05, 0.1) is 0 Å². The van der Waals surface area contributed by atoms with Crippen LogP contribution in [-0.2, 0) is 11.3 Å². The zero-order chi connectivity index (χ0) is 16.1. The molecule has 4 nitrogen and oxygen atoms in total. The molecule has 0 unspecified atom stereocenters. The minimum Gasteiger partial charge on any atom is -0.406 e. The van der Waals surface area contributed by atoms with Gasteiger partial charge >= 0.3 is 6.36 Å². The molecule has 0 atom stereocenters. The average Bonchev–Trinajstić information content (AvgIpc) is 2.33. The van der Waals surface area contributed by atoms with Gasteiger partial charge in [0.1, 0.15) is 5.75 Å². The number of amides is 1. The second-order valence-corrected chi connectivity index (χ2v) is 5.46. The Morgan fingerprint density at radius 1 is 1.24 bits per heavy atom. The van der Waals surface area contributed by atoms with Crippen LogP contribution in [0.3, 0.4) is 0 Å². The van der Waals surface area contributed by atoms with Crippen molar-refractivity contribution >= 4 is 5.91 Å². The van der Waals surface area contributed by atoms with Crippen LogP contribution < -0.4 is 15.8 Å². The number of nitrogens with one attached hydrogen (secondary N) is 1.